The first-order chi connectivity index (χ1) is 15.5. The van der Waals surface area contributed by atoms with E-state index in [9.17, 15) is 20.0 Å². The molecule has 156 valence electrons. The Labute approximate surface area is 180 Å². The molecule has 0 saturated carbocycles. The zero-order valence-electron chi connectivity index (χ0n) is 16.5. The highest BCUT2D eigenvalue weighted by Crippen LogP contribution is 2.29. The molecule has 0 radical (unpaired) electrons. The van der Waals surface area contributed by atoms with Crippen LogP contribution in [0.1, 0.15) is 0 Å². The molecule has 0 fully saturated rings. The third-order valence-corrected chi connectivity index (χ3v) is 5.12. The highest BCUT2D eigenvalue weighted by molar-refractivity contribution is 5.83. The molecule has 1 N–H and O–H groups in total. The minimum atomic E-state index is -0.462. The van der Waals surface area contributed by atoms with Gasteiger partial charge in [0, 0.05) is 23.8 Å². The van der Waals surface area contributed by atoms with Crippen molar-refractivity contribution in [2.24, 2.45) is 0 Å². The molecule has 3 aromatic carbocycles. The van der Waals surface area contributed by atoms with Crippen molar-refractivity contribution in [1.82, 2.24) is 9.78 Å². The van der Waals surface area contributed by atoms with Crippen LogP contribution in [0.4, 0.5) is 5.69 Å². The number of nitro groups is 1. The predicted octanol–water partition coefficient (Wildman–Crippen LogP) is 4.93. The molecular formula is C24H15N3O5. The van der Waals surface area contributed by atoms with E-state index in [1.807, 2.05) is 30.3 Å². The highest BCUT2D eigenvalue weighted by atomic mass is 16.6. The molecule has 2 heterocycles. The molecule has 32 heavy (non-hydrogen) atoms. The van der Waals surface area contributed by atoms with Gasteiger partial charge in [-0.2, -0.15) is 5.10 Å². The van der Waals surface area contributed by atoms with E-state index in [1.54, 1.807) is 22.9 Å². The fourth-order valence-corrected chi connectivity index (χ4v) is 3.53. The zero-order chi connectivity index (χ0) is 22.2. The van der Waals surface area contributed by atoms with Gasteiger partial charge in [0.25, 0.3) is 5.69 Å². The molecule has 5 rings (SSSR count). The number of rotatable bonds is 4. The van der Waals surface area contributed by atoms with E-state index in [1.165, 1.54) is 36.6 Å². The van der Waals surface area contributed by atoms with Crippen LogP contribution in [0.2, 0.25) is 0 Å². The van der Waals surface area contributed by atoms with Crippen LogP contribution in [0, 0.1) is 10.1 Å². The van der Waals surface area contributed by atoms with Crippen LogP contribution < -0.4 is 5.43 Å². The van der Waals surface area contributed by atoms with E-state index in [2.05, 4.69) is 5.10 Å². The van der Waals surface area contributed by atoms with Gasteiger partial charge in [-0.05, 0) is 42.5 Å². The number of para-hydroxylation sites is 1. The van der Waals surface area contributed by atoms with Gasteiger partial charge < -0.3 is 9.52 Å². The first kappa shape index (κ1) is 19.3. The number of phenolic OH excluding ortho intramolecular Hbond substituents is 1. The lowest BCUT2D eigenvalue weighted by Crippen LogP contribution is -2.08. The average Bonchev–Trinajstić information content (AvgIpc) is 3.25. The zero-order valence-corrected chi connectivity index (χ0v) is 16.5. The monoisotopic (exact) mass is 425 g/mol. The van der Waals surface area contributed by atoms with Gasteiger partial charge in [0.1, 0.15) is 17.6 Å². The number of phenols is 1. The summed E-state index contributed by atoms with van der Waals surface area (Å²) in [7, 11) is 0. The van der Waals surface area contributed by atoms with Crippen molar-refractivity contribution in [2.45, 2.75) is 0 Å². The first-order valence-electron chi connectivity index (χ1n) is 9.66. The van der Waals surface area contributed by atoms with E-state index >= 15 is 0 Å². The van der Waals surface area contributed by atoms with Gasteiger partial charge in [-0.1, -0.05) is 18.2 Å². The summed E-state index contributed by atoms with van der Waals surface area (Å²) >= 11 is 0. The molecule has 0 atom stereocenters. The van der Waals surface area contributed by atoms with Crippen molar-refractivity contribution < 1.29 is 14.4 Å². The molecule has 5 aromatic rings. The van der Waals surface area contributed by atoms with Crippen LogP contribution in [0.25, 0.3) is 39.2 Å². The van der Waals surface area contributed by atoms with Crippen molar-refractivity contribution in [2.75, 3.05) is 0 Å². The van der Waals surface area contributed by atoms with E-state index < -0.39 is 4.92 Å². The predicted molar refractivity (Wildman–Crippen MR) is 119 cm³/mol. The van der Waals surface area contributed by atoms with Crippen molar-refractivity contribution in [3.63, 3.8) is 0 Å². The Kier molecular flexibility index (Phi) is 4.52. The van der Waals surface area contributed by atoms with Crippen LogP contribution in [0.5, 0.6) is 5.75 Å². The summed E-state index contributed by atoms with van der Waals surface area (Å²) in [6.07, 6.45) is 1.35. The number of nitrogens with zero attached hydrogens (tertiary/aromatic N) is 3. The number of fused-ring (bicyclic) bond motifs is 1. The fourth-order valence-electron chi connectivity index (χ4n) is 3.53. The summed E-state index contributed by atoms with van der Waals surface area (Å²) in [5.74, 6) is 0.00295. The third kappa shape index (κ3) is 3.29. The second-order valence-electron chi connectivity index (χ2n) is 7.13. The van der Waals surface area contributed by atoms with E-state index in [0.717, 1.165) is 5.69 Å². The maximum atomic E-state index is 13.2. The number of nitro benzene ring substituents is 1. The van der Waals surface area contributed by atoms with E-state index in [4.69, 9.17) is 4.42 Å². The fraction of sp³-hybridized carbons (Fsp3) is 0. The Morgan fingerprint density at radius 1 is 0.969 bits per heavy atom. The average molecular weight is 425 g/mol. The smallest absolute Gasteiger partial charge is 0.269 e. The molecule has 2 aromatic heterocycles. The maximum Gasteiger partial charge on any atom is 0.269 e. The molecule has 0 aliphatic heterocycles. The molecule has 8 nitrogen and oxygen atoms in total. The van der Waals surface area contributed by atoms with E-state index in [-0.39, 0.29) is 22.4 Å². The van der Waals surface area contributed by atoms with Gasteiger partial charge in [0.15, 0.2) is 0 Å². The van der Waals surface area contributed by atoms with Crippen molar-refractivity contribution in [1.29, 1.82) is 0 Å². The second kappa shape index (κ2) is 7.51. The summed E-state index contributed by atoms with van der Waals surface area (Å²) in [4.78, 5) is 23.7. The lowest BCUT2D eigenvalue weighted by molar-refractivity contribution is -0.384. The standard InChI is InChI=1S/C24H15N3O5/c28-18-10-11-19-23(12-18)32-14-20(24(19)29)22-13-21(15-6-8-17(9-7-15)27(30)31)25-26(22)16-4-2-1-3-5-16/h1-14,28H. The highest BCUT2D eigenvalue weighted by Gasteiger charge is 2.18. The van der Waals surface area contributed by atoms with Gasteiger partial charge in [0.2, 0.25) is 5.43 Å². The van der Waals surface area contributed by atoms with Gasteiger partial charge in [-0.15, -0.1) is 0 Å². The maximum absolute atomic E-state index is 13.2. The number of non-ortho nitro benzene ring substituents is 1. The van der Waals surface area contributed by atoms with Gasteiger partial charge >= 0.3 is 0 Å². The third-order valence-electron chi connectivity index (χ3n) is 5.12. The lowest BCUT2D eigenvalue weighted by Gasteiger charge is -2.07. The van der Waals surface area contributed by atoms with Crippen LogP contribution in [0.3, 0.4) is 0 Å². The normalized spacial score (nSPS) is 11.0. The lowest BCUT2D eigenvalue weighted by atomic mass is 10.1. The Morgan fingerprint density at radius 3 is 2.44 bits per heavy atom. The van der Waals surface area contributed by atoms with E-state index in [0.29, 0.717) is 27.9 Å². The summed E-state index contributed by atoms with van der Waals surface area (Å²) in [6.45, 7) is 0. The summed E-state index contributed by atoms with van der Waals surface area (Å²) in [5.41, 5.74) is 2.75. The number of aromatic nitrogens is 2. The Morgan fingerprint density at radius 2 is 1.72 bits per heavy atom. The van der Waals surface area contributed by atoms with Crippen molar-refractivity contribution >= 4 is 16.7 Å². The number of hydrogen-bond acceptors (Lipinski definition) is 6. The topological polar surface area (TPSA) is 111 Å². The molecule has 0 spiro atoms. The largest absolute Gasteiger partial charge is 0.508 e. The molecule has 0 bridgehead atoms. The minimum Gasteiger partial charge on any atom is -0.508 e. The molecule has 0 aliphatic carbocycles. The minimum absolute atomic E-state index is 0.00295. The SMILES string of the molecule is O=c1c(-c2cc(-c3ccc([N+](=O)[O-])cc3)nn2-c2ccccc2)coc2cc(O)ccc12. The number of aromatic hydroxyl groups is 1. The second-order valence-corrected chi connectivity index (χ2v) is 7.13. The molecule has 0 saturated heterocycles. The van der Waals surface area contributed by atoms with Crippen molar-refractivity contribution in [3.05, 3.63) is 105 Å². The quantitative estimate of drug-likeness (QED) is 0.323. The Bertz CT molecular complexity index is 1520. The Hall–Kier alpha value is -4.72. The Balaban J connectivity index is 1.72. The van der Waals surface area contributed by atoms with Crippen LogP contribution in [-0.4, -0.2) is 19.8 Å². The van der Waals surface area contributed by atoms with Gasteiger partial charge in [-0.25, -0.2) is 4.68 Å². The van der Waals surface area contributed by atoms with Crippen LogP contribution in [-0.2, 0) is 0 Å². The van der Waals surface area contributed by atoms with Crippen molar-refractivity contribution in [3.8, 4) is 34.0 Å². The summed E-state index contributed by atoms with van der Waals surface area (Å²) in [6, 6.07) is 21.4. The molecule has 0 unspecified atom stereocenters. The van der Waals surface area contributed by atoms with Crippen LogP contribution in [0.15, 0.2) is 94.3 Å². The van der Waals surface area contributed by atoms with Gasteiger partial charge in [-0.3, -0.25) is 14.9 Å². The molecular weight excluding hydrogens is 410 g/mol. The molecule has 8 heteroatoms. The molecule has 0 amide bonds. The summed E-state index contributed by atoms with van der Waals surface area (Å²) < 4.78 is 7.26. The number of hydrogen-bond donors (Lipinski definition) is 1. The summed E-state index contributed by atoms with van der Waals surface area (Å²) in [5, 5.41) is 25.6. The van der Waals surface area contributed by atoms with Gasteiger partial charge in [0.05, 0.1) is 32.9 Å². The first-order valence-corrected chi connectivity index (χ1v) is 9.66. The number of benzene rings is 3. The molecule has 0 aliphatic rings. The van der Waals surface area contributed by atoms with Crippen LogP contribution >= 0.6 is 0 Å².